The van der Waals surface area contributed by atoms with Crippen LogP contribution >= 0.6 is 24.0 Å². The lowest BCUT2D eigenvalue weighted by molar-refractivity contribution is 0.250. The minimum absolute atomic E-state index is 0. The smallest absolute Gasteiger partial charge is 0.191 e. The average molecular weight is 459 g/mol. The van der Waals surface area contributed by atoms with Gasteiger partial charge in [0.15, 0.2) is 5.96 Å². The fraction of sp³-hybridized carbons (Fsp3) is 0.938. The molecule has 0 saturated heterocycles. The molecule has 1 saturated carbocycles. The average Bonchev–Trinajstić information content (AvgIpc) is 2.43. The Balaban J connectivity index is 0.00000484. The maximum absolute atomic E-state index is 11.1. The van der Waals surface area contributed by atoms with E-state index in [4.69, 9.17) is 0 Å². The number of sulfone groups is 1. The number of rotatable bonds is 7. The van der Waals surface area contributed by atoms with Crippen molar-refractivity contribution in [3.05, 3.63) is 0 Å². The summed E-state index contributed by atoms with van der Waals surface area (Å²) in [7, 11) is -2.89. The molecule has 0 bridgehead atoms. The lowest BCUT2D eigenvalue weighted by atomic mass is 9.80. The summed E-state index contributed by atoms with van der Waals surface area (Å²) in [6.07, 6.45) is 6.79. The Bertz CT molecular complexity index is 444. The zero-order valence-electron chi connectivity index (χ0n) is 15.0. The summed E-state index contributed by atoms with van der Waals surface area (Å²) in [5.41, 5.74) is 0. The summed E-state index contributed by atoms with van der Waals surface area (Å²) < 4.78 is 22.2. The van der Waals surface area contributed by atoms with Crippen molar-refractivity contribution in [3.8, 4) is 0 Å². The van der Waals surface area contributed by atoms with Crippen molar-refractivity contribution in [1.82, 2.24) is 10.6 Å². The fourth-order valence-corrected chi connectivity index (χ4v) is 3.61. The predicted molar refractivity (Wildman–Crippen MR) is 109 cm³/mol. The van der Waals surface area contributed by atoms with Crippen LogP contribution in [0.2, 0.25) is 0 Å². The summed E-state index contributed by atoms with van der Waals surface area (Å²) in [6, 6.07) is 0.489. The van der Waals surface area contributed by atoms with Crippen molar-refractivity contribution in [3.63, 3.8) is 0 Å². The molecule has 0 heterocycles. The van der Waals surface area contributed by atoms with E-state index >= 15 is 0 Å². The molecule has 0 aliphatic heterocycles. The van der Waals surface area contributed by atoms with E-state index in [1.807, 2.05) is 6.92 Å². The van der Waals surface area contributed by atoms with Gasteiger partial charge >= 0.3 is 0 Å². The van der Waals surface area contributed by atoms with Gasteiger partial charge in [-0.1, -0.05) is 13.8 Å². The van der Waals surface area contributed by atoms with Crippen LogP contribution in [0.5, 0.6) is 0 Å². The Morgan fingerprint density at radius 1 is 1.22 bits per heavy atom. The second-order valence-electron chi connectivity index (χ2n) is 6.74. The highest BCUT2D eigenvalue weighted by molar-refractivity contribution is 14.0. The predicted octanol–water partition coefficient (Wildman–Crippen LogP) is 2.81. The third kappa shape index (κ3) is 10.4. The van der Waals surface area contributed by atoms with Gasteiger partial charge in [0.2, 0.25) is 0 Å². The molecule has 0 aromatic carbocycles. The van der Waals surface area contributed by atoms with E-state index in [1.165, 1.54) is 31.9 Å². The highest BCUT2D eigenvalue weighted by atomic mass is 127. The van der Waals surface area contributed by atoms with Gasteiger partial charge in [-0.2, -0.15) is 0 Å². The molecule has 138 valence electrons. The fourth-order valence-electron chi connectivity index (χ4n) is 2.96. The molecule has 0 radical (unpaired) electrons. The van der Waals surface area contributed by atoms with Gasteiger partial charge in [-0.3, -0.25) is 4.99 Å². The first kappa shape index (κ1) is 22.9. The Labute approximate surface area is 159 Å². The first-order chi connectivity index (χ1) is 10.3. The van der Waals surface area contributed by atoms with Crippen LogP contribution in [-0.4, -0.2) is 45.5 Å². The molecule has 0 aromatic rings. The molecule has 0 unspecified atom stereocenters. The van der Waals surface area contributed by atoms with Crippen LogP contribution in [0.15, 0.2) is 4.99 Å². The van der Waals surface area contributed by atoms with E-state index < -0.39 is 9.84 Å². The molecule has 0 atom stereocenters. The number of guanidine groups is 1. The molecule has 2 N–H and O–H groups in total. The third-order valence-electron chi connectivity index (χ3n) is 4.34. The highest BCUT2D eigenvalue weighted by Gasteiger charge is 2.23. The van der Waals surface area contributed by atoms with E-state index in [-0.39, 0.29) is 29.7 Å². The Morgan fingerprint density at radius 3 is 2.30 bits per heavy atom. The van der Waals surface area contributed by atoms with Crippen molar-refractivity contribution in [2.24, 2.45) is 16.8 Å². The van der Waals surface area contributed by atoms with Crippen LogP contribution in [0.25, 0.3) is 0 Å². The van der Waals surface area contributed by atoms with Crippen LogP contribution < -0.4 is 10.6 Å². The Morgan fingerprint density at radius 2 is 1.83 bits per heavy atom. The number of aliphatic imine (C=N–C) groups is 1. The molecule has 1 aliphatic carbocycles. The summed E-state index contributed by atoms with van der Waals surface area (Å²) >= 11 is 0. The number of halogens is 1. The van der Waals surface area contributed by atoms with Gasteiger partial charge in [0.25, 0.3) is 0 Å². The third-order valence-corrected chi connectivity index (χ3v) is 5.37. The summed E-state index contributed by atoms with van der Waals surface area (Å²) in [6.45, 7) is 8.03. The molecule has 1 aliphatic rings. The number of nitrogens with zero attached hydrogens (tertiary/aromatic N) is 1. The normalized spacial score (nSPS) is 22.6. The second-order valence-corrected chi connectivity index (χ2v) is 9.00. The largest absolute Gasteiger partial charge is 0.357 e. The van der Waals surface area contributed by atoms with E-state index in [0.29, 0.717) is 19.0 Å². The molecule has 0 spiro atoms. The molecule has 0 amide bonds. The molecule has 1 rings (SSSR count). The van der Waals surface area contributed by atoms with Gasteiger partial charge in [-0.15, -0.1) is 24.0 Å². The Hall–Kier alpha value is -0.0500. The van der Waals surface area contributed by atoms with Crippen LogP contribution in [0.4, 0.5) is 0 Å². The number of nitrogens with one attached hydrogen (secondary N) is 2. The molecule has 23 heavy (non-hydrogen) atoms. The summed E-state index contributed by atoms with van der Waals surface area (Å²) in [5, 5.41) is 6.75. The van der Waals surface area contributed by atoms with Gasteiger partial charge in [-0.25, -0.2) is 8.42 Å². The van der Waals surface area contributed by atoms with Crippen molar-refractivity contribution < 1.29 is 8.42 Å². The molecule has 7 heteroatoms. The van der Waals surface area contributed by atoms with Crippen LogP contribution in [0, 0.1) is 11.8 Å². The van der Waals surface area contributed by atoms with Crippen molar-refractivity contribution in [2.45, 2.75) is 58.9 Å². The van der Waals surface area contributed by atoms with Crippen molar-refractivity contribution in [2.75, 3.05) is 25.1 Å². The zero-order chi connectivity index (χ0) is 16.6. The van der Waals surface area contributed by atoms with Crippen LogP contribution in [-0.2, 0) is 9.84 Å². The molecular weight excluding hydrogens is 425 g/mol. The van der Waals surface area contributed by atoms with Crippen molar-refractivity contribution in [1.29, 1.82) is 0 Å². The quantitative estimate of drug-likeness (QED) is 0.266. The molecule has 1 fully saturated rings. The van der Waals surface area contributed by atoms with Gasteiger partial charge in [0.05, 0.1) is 5.75 Å². The van der Waals surface area contributed by atoms with Crippen LogP contribution in [0.3, 0.4) is 0 Å². The van der Waals surface area contributed by atoms with E-state index in [9.17, 15) is 8.42 Å². The standard InChI is InChI=1S/C16H33N3O2S.HI/c1-5-17-16(18-11-6-12-22(4,20)21)19-15-9-7-14(8-10-15)13(2)3;/h13-15H,5-12H2,1-4H3,(H2,17,18,19);1H. The minimum atomic E-state index is -2.89. The topological polar surface area (TPSA) is 70.6 Å². The van der Waals surface area contributed by atoms with E-state index in [0.717, 1.165) is 24.3 Å². The van der Waals surface area contributed by atoms with Crippen LogP contribution in [0.1, 0.15) is 52.9 Å². The first-order valence-electron chi connectivity index (χ1n) is 8.54. The summed E-state index contributed by atoms with van der Waals surface area (Å²) in [5.74, 6) is 2.66. The van der Waals surface area contributed by atoms with Gasteiger partial charge in [0.1, 0.15) is 9.84 Å². The summed E-state index contributed by atoms with van der Waals surface area (Å²) in [4.78, 5) is 4.49. The monoisotopic (exact) mass is 459 g/mol. The first-order valence-corrected chi connectivity index (χ1v) is 10.6. The van der Waals surface area contributed by atoms with Gasteiger partial charge in [-0.05, 0) is 50.9 Å². The molecular formula is C16H34IN3O2S. The lowest BCUT2D eigenvalue weighted by Gasteiger charge is -2.32. The second kappa shape index (κ2) is 11.5. The van der Waals surface area contributed by atoms with Gasteiger partial charge in [0, 0.05) is 25.4 Å². The van der Waals surface area contributed by atoms with Gasteiger partial charge < -0.3 is 10.6 Å². The lowest BCUT2D eigenvalue weighted by Crippen LogP contribution is -2.45. The maximum atomic E-state index is 11.1. The minimum Gasteiger partial charge on any atom is -0.357 e. The van der Waals surface area contributed by atoms with E-state index in [1.54, 1.807) is 0 Å². The SMILES string of the molecule is CCNC(=NCCCS(C)(=O)=O)NC1CCC(C(C)C)CC1.I. The number of hydrogen-bond donors (Lipinski definition) is 2. The Kier molecular flexibility index (Phi) is 11.5. The molecule has 5 nitrogen and oxygen atoms in total. The maximum Gasteiger partial charge on any atom is 0.191 e. The zero-order valence-corrected chi connectivity index (χ0v) is 18.1. The van der Waals surface area contributed by atoms with Crippen molar-refractivity contribution >= 4 is 39.8 Å². The molecule has 0 aromatic heterocycles. The highest BCUT2D eigenvalue weighted by Crippen LogP contribution is 2.29. The van der Waals surface area contributed by atoms with E-state index in [2.05, 4.69) is 29.5 Å². The number of hydrogen-bond acceptors (Lipinski definition) is 3.